The van der Waals surface area contributed by atoms with Crippen LogP contribution in [0, 0.1) is 0 Å². The van der Waals surface area contributed by atoms with Crippen LogP contribution in [0.1, 0.15) is 32.0 Å². The smallest absolute Gasteiger partial charge is 0.269 e. The van der Waals surface area contributed by atoms with E-state index in [0.29, 0.717) is 47.1 Å². The van der Waals surface area contributed by atoms with Gasteiger partial charge in [-0.25, -0.2) is 9.67 Å². The van der Waals surface area contributed by atoms with E-state index in [1.807, 2.05) is 30.3 Å². The summed E-state index contributed by atoms with van der Waals surface area (Å²) < 4.78 is 12.7. The lowest BCUT2D eigenvalue weighted by atomic mass is 9.88. The monoisotopic (exact) mass is 512 g/mol. The molecule has 192 valence electrons. The number of aromatic nitrogens is 3. The van der Waals surface area contributed by atoms with Crippen molar-refractivity contribution in [3.8, 4) is 28.4 Å². The predicted molar refractivity (Wildman–Crippen MR) is 139 cm³/mol. The highest BCUT2D eigenvalue weighted by atomic mass is 16.7. The number of carbonyl (C=O) groups is 2. The van der Waals surface area contributed by atoms with Gasteiger partial charge >= 0.3 is 0 Å². The number of ether oxygens (including phenoxy) is 2. The number of anilines is 2. The maximum atomic E-state index is 13.1. The van der Waals surface area contributed by atoms with Gasteiger partial charge in [0.05, 0.1) is 23.6 Å². The number of aliphatic hydroxyl groups is 1. The number of carbonyl (C=O) groups excluding carboxylic acids is 2. The standard InChI is InChI=1S/C27H24N6O5/c28-25(35)23-18-7-4-15-3-5-16(31-27(36)19-2-1-9-29-26(19)30-10-11-34)12-20(15)24(18)33(32-23)17-6-8-21-22(13-17)38-14-37-21/h1-3,5-6,8-9,12-13,34H,4,7,10-11,14H2,(H2,28,35)(H,29,30)(H,31,36). The topological polar surface area (TPSA) is 154 Å². The number of aryl methyl sites for hydroxylation is 1. The number of rotatable bonds is 7. The normalized spacial score (nSPS) is 13.0. The third kappa shape index (κ3) is 4.08. The molecule has 2 aliphatic rings. The second-order valence-electron chi connectivity index (χ2n) is 8.87. The number of pyridine rings is 1. The number of nitrogens with zero attached hydrogens (tertiary/aromatic N) is 3. The summed E-state index contributed by atoms with van der Waals surface area (Å²) in [5, 5.41) is 19.6. The molecule has 5 N–H and O–H groups in total. The summed E-state index contributed by atoms with van der Waals surface area (Å²) in [7, 11) is 0. The van der Waals surface area contributed by atoms with E-state index in [1.54, 1.807) is 29.1 Å². The van der Waals surface area contributed by atoms with Gasteiger partial charge in [0.15, 0.2) is 17.2 Å². The van der Waals surface area contributed by atoms with Crippen molar-refractivity contribution in [1.29, 1.82) is 0 Å². The number of aliphatic hydroxyl groups excluding tert-OH is 1. The first kappa shape index (κ1) is 23.5. The summed E-state index contributed by atoms with van der Waals surface area (Å²) in [5.74, 6) is 0.654. The van der Waals surface area contributed by atoms with Crippen molar-refractivity contribution in [2.24, 2.45) is 5.73 Å². The second kappa shape index (κ2) is 9.52. The van der Waals surface area contributed by atoms with Crippen LogP contribution in [0.4, 0.5) is 11.5 Å². The predicted octanol–water partition coefficient (Wildman–Crippen LogP) is 2.52. The van der Waals surface area contributed by atoms with Crippen molar-refractivity contribution < 1.29 is 24.2 Å². The first-order valence-corrected chi connectivity index (χ1v) is 12.1. The van der Waals surface area contributed by atoms with Crippen LogP contribution in [-0.2, 0) is 12.8 Å². The average Bonchev–Trinajstić information content (AvgIpc) is 3.56. The maximum Gasteiger partial charge on any atom is 0.269 e. The van der Waals surface area contributed by atoms with E-state index in [9.17, 15) is 9.59 Å². The summed E-state index contributed by atoms with van der Waals surface area (Å²) in [6.07, 6.45) is 2.87. The Balaban J connectivity index is 1.40. The molecule has 11 nitrogen and oxygen atoms in total. The van der Waals surface area contributed by atoms with Crippen LogP contribution in [0.5, 0.6) is 11.5 Å². The van der Waals surface area contributed by atoms with Gasteiger partial charge in [-0.2, -0.15) is 5.10 Å². The third-order valence-corrected chi connectivity index (χ3v) is 6.54. The number of nitrogens with two attached hydrogens (primary N) is 1. The van der Waals surface area contributed by atoms with Crippen LogP contribution in [0.15, 0.2) is 54.7 Å². The van der Waals surface area contributed by atoms with Crippen molar-refractivity contribution in [1.82, 2.24) is 14.8 Å². The quantitative estimate of drug-likeness (QED) is 0.295. The molecule has 0 unspecified atom stereocenters. The summed E-state index contributed by atoms with van der Waals surface area (Å²) in [6.45, 7) is 0.322. The lowest BCUT2D eigenvalue weighted by Gasteiger charge is -2.20. The van der Waals surface area contributed by atoms with E-state index < -0.39 is 5.91 Å². The average molecular weight is 513 g/mol. The van der Waals surface area contributed by atoms with Crippen molar-refractivity contribution in [2.45, 2.75) is 12.8 Å². The van der Waals surface area contributed by atoms with Gasteiger partial charge in [-0.3, -0.25) is 9.59 Å². The number of amides is 2. The van der Waals surface area contributed by atoms with E-state index in [4.69, 9.17) is 20.3 Å². The highest BCUT2D eigenvalue weighted by Crippen LogP contribution is 2.40. The molecule has 0 atom stereocenters. The SMILES string of the molecule is NC(=O)c1nn(-c2ccc3c(c2)OCO3)c2c1CCc1ccc(NC(=O)c3cccnc3NCCO)cc1-2. The van der Waals surface area contributed by atoms with Crippen molar-refractivity contribution in [3.63, 3.8) is 0 Å². The molecule has 0 fully saturated rings. The highest BCUT2D eigenvalue weighted by Gasteiger charge is 2.29. The molecule has 1 aliphatic heterocycles. The Morgan fingerprint density at radius 3 is 2.79 bits per heavy atom. The molecule has 0 bridgehead atoms. The molecule has 6 rings (SSSR count). The van der Waals surface area contributed by atoms with Crippen LogP contribution >= 0.6 is 0 Å². The molecule has 11 heteroatoms. The lowest BCUT2D eigenvalue weighted by Crippen LogP contribution is -2.17. The number of primary amides is 1. The van der Waals surface area contributed by atoms with Crippen LogP contribution in [0.25, 0.3) is 16.9 Å². The second-order valence-corrected chi connectivity index (χ2v) is 8.87. The molecular formula is C27H24N6O5. The van der Waals surface area contributed by atoms with Gasteiger partial charge in [0, 0.05) is 35.6 Å². The van der Waals surface area contributed by atoms with Crippen LogP contribution in [0.3, 0.4) is 0 Å². The Bertz CT molecular complexity index is 1580. The first-order valence-electron chi connectivity index (χ1n) is 12.1. The number of hydrogen-bond acceptors (Lipinski definition) is 8. The fraction of sp³-hybridized carbons (Fsp3) is 0.185. The van der Waals surface area contributed by atoms with Gasteiger partial charge in [0.25, 0.3) is 11.8 Å². The van der Waals surface area contributed by atoms with Gasteiger partial charge < -0.3 is 30.9 Å². The van der Waals surface area contributed by atoms with E-state index in [1.165, 1.54) is 0 Å². The number of fused-ring (bicyclic) bond motifs is 4. The summed E-state index contributed by atoms with van der Waals surface area (Å²) in [5.41, 5.74) is 10.9. The number of benzene rings is 2. The zero-order valence-electron chi connectivity index (χ0n) is 20.2. The minimum Gasteiger partial charge on any atom is -0.454 e. The molecule has 2 amide bonds. The molecule has 38 heavy (non-hydrogen) atoms. The third-order valence-electron chi connectivity index (χ3n) is 6.54. The number of nitrogens with one attached hydrogen (secondary N) is 2. The van der Waals surface area contributed by atoms with E-state index >= 15 is 0 Å². The van der Waals surface area contributed by atoms with E-state index in [0.717, 1.165) is 22.4 Å². The molecule has 0 saturated carbocycles. The fourth-order valence-electron chi connectivity index (χ4n) is 4.82. The zero-order chi connectivity index (χ0) is 26.2. The summed E-state index contributed by atoms with van der Waals surface area (Å²) in [4.78, 5) is 29.7. The Morgan fingerprint density at radius 2 is 1.95 bits per heavy atom. The molecule has 2 aromatic carbocycles. The van der Waals surface area contributed by atoms with Gasteiger partial charge in [-0.1, -0.05) is 6.07 Å². The molecule has 4 aromatic rings. The number of hydrogen-bond donors (Lipinski definition) is 4. The molecule has 2 aromatic heterocycles. The fourth-order valence-corrected chi connectivity index (χ4v) is 4.82. The van der Waals surface area contributed by atoms with Gasteiger partial charge in [0.2, 0.25) is 6.79 Å². The molecule has 0 spiro atoms. The van der Waals surface area contributed by atoms with E-state index in [-0.39, 0.29) is 31.5 Å². The largest absolute Gasteiger partial charge is 0.454 e. The van der Waals surface area contributed by atoms with Gasteiger partial charge in [-0.05, 0) is 54.8 Å². The molecular weight excluding hydrogens is 488 g/mol. The van der Waals surface area contributed by atoms with Gasteiger partial charge in [-0.15, -0.1) is 0 Å². The molecule has 3 heterocycles. The first-order chi connectivity index (χ1) is 18.5. The zero-order valence-corrected chi connectivity index (χ0v) is 20.2. The molecule has 1 aliphatic carbocycles. The van der Waals surface area contributed by atoms with Crippen molar-refractivity contribution in [2.75, 3.05) is 30.6 Å². The minimum absolute atomic E-state index is 0.0882. The van der Waals surface area contributed by atoms with Crippen molar-refractivity contribution >= 4 is 23.3 Å². The van der Waals surface area contributed by atoms with E-state index in [2.05, 4.69) is 20.7 Å². The minimum atomic E-state index is -0.604. The Morgan fingerprint density at radius 1 is 1.08 bits per heavy atom. The summed E-state index contributed by atoms with van der Waals surface area (Å²) in [6, 6.07) is 14.5. The highest BCUT2D eigenvalue weighted by molar-refractivity contribution is 6.07. The molecule has 0 radical (unpaired) electrons. The van der Waals surface area contributed by atoms with Crippen LogP contribution < -0.4 is 25.8 Å². The molecule has 0 saturated heterocycles. The van der Waals surface area contributed by atoms with Crippen molar-refractivity contribution in [3.05, 3.63) is 77.1 Å². The van der Waals surface area contributed by atoms with Crippen LogP contribution in [0.2, 0.25) is 0 Å². The Kier molecular flexibility index (Phi) is 5.89. The Hall–Kier alpha value is -4.90. The van der Waals surface area contributed by atoms with Crippen LogP contribution in [-0.4, -0.2) is 51.6 Å². The lowest BCUT2D eigenvalue weighted by molar-refractivity contribution is 0.0992. The Labute approximate surface area is 217 Å². The summed E-state index contributed by atoms with van der Waals surface area (Å²) >= 11 is 0. The van der Waals surface area contributed by atoms with Gasteiger partial charge in [0.1, 0.15) is 5.82 Å². The maximum absolute atomic E-state index is 13.1.